The molecular weight excluding hydrogens is 222 g/mol. The summed E-state index contributed by atoms with van der Waals surface area (Å²) in [6.45, 7) is 4.16. The largest absolute Gasteiger partial charge is 0.361 e. The zero-order chi connectivity index (χ0) is 13.0. The van der Waals surface area contributed by atoms with Gasteiger partial charge in [0, 0.05) is 23.9 Å². The molecule has 1 aromatic rings. The molecule has 0 spiro atoms. The van der Waals surface area contributed by atoms with Crippen LogP contribution in [0.2, 0.25) is 0 Å². The molecule has 0 aromatic heterocycles. The van der Waals surface area contributed by atoms with Crippen LogP contribution in [0.3, 0.4) is 0 Å². The van der Waals surface area contributed by atoms with Gasteiger partial charge in [-0.2, -0.15) is 0 Å². The van der Waals surface area contributed by atoms with Crippen molar-refractivity contribution in [2.24, 2.45) is 0 Å². The lowest BCUT2D eigenvalue weighted by Crippen LogP contribution is -2.03. The van der Waals surface area contributed by atoms with E-state index >= 15 is 0 Å². The molecule has 2 heteroatoms. The highest BCUT2D eigenvalue weighted by molar-refractivity contribution is 5.95. The maximum atomic E-state index is 11.9. The van der Waals surface area contributed by atoms with Crippen molar-refractivity contribution in [3.8, 4) is 0 Å². The van der Waals surface area contributed by atoms with Crippen molar-refractivity contribution in [1.29, 1.82) is 0 Å². The van der Waals surface area contributed by atoms with Crippen molar-refractivity contribution in [2.75, 3.05) is 5.32 Å². The van der Waals surface area contributed by atoms with E-state index in [1.807, 2.05) is 6.20 Å². The van der Waals surface area contributed by atoms with Gasteiger partial charge in [0.1, 0.15) is 0 Å². The molecule has 0 heterocycles. The van der Waals surface area contributed by atoms with Crippen LogP contribution >= 0.6 is 0 Å². The smallest absolute Gasteiger partial charge is 0.160 e. The summed E-state index contributed by atoms with van der Waals surface area (Å²) in [6, 6.07) is 6.32. The molecule has 2 rings (SSSR count). The Labute approximate surface area is 109 Å². The van der Waals surface area contributed by atoms with Crippen LogP contribution in [0, 0.1) is 13.8 Å². The number of carbonyl (C=O) groups excluding carboxylic acids is 1. The van der Waals surface area contributed by atoms with Crippen molar-refractivity contribution in [3.05, 3.63) is 41.1 Å². The van der Waals surface area contributed by atoms with Gasteiger partial charge in [0.15, 0.2) is 5.78 Å². The lowest BCUT2D eigenvalue weighted by molar-refractivity contribution is -0.115. The summed E-state index contributed by atoms with van der Waals surface area (Å²) in [5, 5.41) is 3.30. The topological polar surface area (TPSA) is 29.1 Å². The summed E-state index contributed by atoms with van der Waals surface area (Å²) in [5.74, 6) is 0.310. The van der Waals surface area contributed by atoms with Gasteiger partial charge in [0.25, 0.3) is 0 Å². The number of carbonyl (C=O) groups is 1. The third kappa shape index (κ3) is 3.22. The highest BCUT2D eigenvalue weighted by atomic mass is 16.1. The van der Waals surface area contributed by atoms with Crippen molar-refractivity contribution < 1.29 is 4.79 Å². The summed E-state index contributed by atoms with van der Waals surface area (Å²) in [4.78, 5) is 11.9. The number of benzene rings is 1. The van der Waals surface area contributed by atoms with Gasteiger partial charge in [0.2, 0.25) is 0 Å². The fraction of sp³-hybridized carbons (Fsp3) is 0.438. The molecule has 18 heavy (non-hydrogen) atoms. The lowest BCUT2D eigenvalue weighted by atomic mass is 10.1. The first-order valence-electron chi connectivity index (χ1n) is 6.73. The Kier molecular flexibility index (Phi) is 4.19. The molecule has 1 N–H and O–H groups in total. The number of Topliss-reactive ketones (excluding diaryl/α,β-unsaturated/α-hetero) is 1. The van der Waals surface area contributed by atoms with Crippen LogP contribution in [0.5, 0.6) is 0 Å². The Hall–Kier alpha value is -1.57. The fourth-order valence-electron chi connectivity index (χ4n) is 2.29. The normalized spacial score (nSPS) is 18.8. The standard InChI is InChI=1S/C16H21NO/c1-12-8-9-13(2)15(10-12)17-11-14-6-4-3-5-7-16(14)18/h8-11,17H,3-7H2,1-2H3/b14-11+. The molecule has 0 radical (unpaired) electrons. The second kappa shape index (κ2) is 5.85. The molecule has 0 unspecified atom stereocenters. The van der Waals surface area contributed by atoms with Gasteiger partial charge in [-0.05, 0) is 50.3 Å². The van der Waals surface area contributed by atoms with Gasteiger partial charge in [-0.15, -0.1) is 0 Å². The third-order valence-corrected chi connectivity index (χ3v) is 3.50. The number of aryl methyl sites for hydroxylation is 2. The van der Waals surface area contributed by atoms with Gasteiger partial charge in [0.05, 0.1) is 0 Å². The minimum Gasteiger partial charge on any atom is -0.361 e. The van der Waals surface area contributed by atoms with Gasteiger partial charge < -0.3 is 5.32 Å². The summed E-state index contributed by atoms with van der Waals surface area (Å²) in [5.41, 5.74) is 4.49. The predicted molar refractivity (Wildman–Crippen MR) is 75.7 cm³/mol. The van der Waals surface area contributed by atoms with E-state index < -0.39 is 0 Å². The van der Waals surface area contributed by atoms with Crippen molar-refractivity contribution in [1.82, 2.24) is 0 Å². The van der Waals surface area contributed by atoms with Gasteiger partial charge in [-0.25, -0.2) is 0 Å². The van der Waals surface area contributed by atoms with Gasteiger partial charge >= 0.3 is 0 Å². The number of ketones is 1. The fourth-order valence-corrected chi connectivity index (χ4v) is 2.29. The van der Waals surface area contributed by atoms with Crippen LogP contribution in [0.15, 0.2) is 30.0 Å². The second-order valence-corrected chi connectivity index (χ2v) is 5.12. The first-order valence-corrected chi connectivity index (χ1v) is 6.73. The van der Waals surface area contributed by atoms with E-state index in [9.17, 15) is 4.79 Å². The Morgan fingerprint density at radius 1 is 1.11 bits per heavy atom. The first-order chi connectivity index (χ1) is 8.66. The van der Waals surface area contributed by atoms with E-state index in [0.29, 0.717) is 12.2 Å². The summed E-state index contributed by atoms with van der Waals surface area (Å²) in [6.07, 6.45) is 6.88. The Morgan fingerprint density at radius 3 is 2.72 bits per heavy atom. The van der Waals surface area contributed by atoms with Crippen molar-refractivity contribution >= 4 is 11.5 Å². The molecule has 0 amide bonds. The number of hydrogen-bond donors (Lipinski definition) is 1. The molecule has 0 bridgehead atoms. The Morgan fingerprint density at radius 2 is 1.89 bits per heavy atom. The maximum Gasteiger partial charge on any atom is 0.160 e. The Balaban J connectivity index is 2.13. The molecule has 1 saturated carbocycles. The number of anilines is 1. The van der Waals surface area contributed by atoms with E-state index in [1.165, 1.54) is 17.5 Å². The quantitative estimate of drug-likeness (QED) is 0.625. The SMILES string of the molecule is Cc1ccc(C)c(N/C=C2\CCCCCC2=O)c1. The van der Waals surface area contributed by atoms with Gasteiger partial charge in [-0.3, -0.25) is 4.79 Å². The molecule has 96 valence electrons. The molecule has 0 saturated heterocycles. The summed E-state index contributed by atoms with van der Waals surface area (Å²) in [7, 11) is 0. The average molecular weight is 243 g/mol. The Bertz CT molecular complexity index is 474. The molecule has 1 aromatic carbocycles. The molecule has 2 nitrogen and oxygen atoms in total. The summed E-state index contributed by atoms with van der Waals surface area (Å²) < 4.78 is 0. The lowest BCUT2D eigenvalue weighted by Gasteiger charge is -2.08. The number of rotatable bonds is 2. The zero-order valence-corrected chi connectivity index (χ0v) is 11.3. The number of hydrogen-bond acceptors (Lipinski definition) is 2. The highest BCUT2D eigenvalue weighted by Crippen LogP contribution is 2.21. The van der Waals surface area contributed by atoms with Crippen LogP contribution in [0.4, 0.5) is 5.69 Å². The monoisotopic (exact) mass is 243 g/mol. The van der Waals surface area contributed by atoms with E-state index in [0.717, 1.165) is 30.5 Å². The molecular formula is C16H21NO. The molecule has 1 fully saturated rings. The second-order valence-electron chi connectivity index (χ2n) is 5.12. The highest BCUT2D eigenvalue weighted by Gasteiger charge is 2.13. The van der Waals surface area contributed by atoms with E-state index in [2.05, 4.69) is 37.4 Å². The van der Waals surface area contributed by atoms with Crippen LogP contribution in [0.25, 0.3) is 0 Å². The van der Waals surface area contributed by atoms with Crippen LogP contribution in [0.1, 0.15) is 43.2 Å². The number of allylic oxidation sites excluding steroid dienone is 1. The predicted octanol–water partition coefficient (Wildman–Crippen LogP) is 4.13. The van der Waals surface area contributed by atoms with E-state index in [4.69, 9.17) is 0 Å². The number of nitrogens with one attached hydrogen (secondary N) is 1. The minimum absolute atomic E-state index is 0.310. The van der Waals surface area contributed by atoms with Crippen molar-refractivity contribution in [2.45, 2.75) is 46.0 Å². The molecule has 0 atom stereocenters. The van der Waals surface area contributed by atoms with E-state index in [-0.39, 0.29) is 0 Å². The van der Waals surface area contributed by atoms with Crippen LogP contribution < -0.4 is 5.32 Å². The molecule has 0 aliphatic heterocycles. The summed E-state index contributed by atoms with van der Waals surface area (Å²) >= 11 is 0. The van der Waals surface area contributed by atoms with Crippen LogP contribution in [-0.2, 0) is 4.79 Å². The van der Waals surface area contributed by atoms with Crippen molar-refractivity contribution in [3.63, 3.8) is 0 Å². The molecule has 1 aliphatic rings. The third-order valence-electron chi connectivity index (χ3n) is 3.50. The average Bonchev–Trinajstić information content (AvgIpc) is 2.55. The molecule has 1 aliphatic carbocycles. The van der Waals surface area contributed by atoms with Crippen LogP contribution in [-0.4, -0.2) is 5.78 Å². The minimum atomic E-state index is 0.310. The maximum absolute atomic E-state index is 11.9. The van der Waals surface area contributed by atoms with E-state index in [1.54, 1.807) is 0 Å². The first kappa shape index (κ1) is 12.9. The van der Waals surface area contributed by atoms with Gasteiger partial charge in [-0.1, -0.05) is 18.6 Å². The zero-order valence-electron chi connectivity index (χ0n) is 11.3.